The number of hydrogen-bond acceptors (Lipinski definition) is 4. The van der Waals surface area contributed by atoms with Gasteiger partial charge in [0.2, 0.25) is 5.91 Å². The normalized spacial score (nSPS) is 34.8. The average molecular weight is 295 g/mol. The maximum atomic E-state index is 12.7. The molecule has 3 saturated heterocycles. The minimum Gasteiger partial charge on any atom is -0.450 e. The van der Waals surface area contributed by atoms with Crippen LogP contribution in [0.25, 0.3) is 0 Å². The smallest absolute Gasteiger partial charge is 0.407 e. The molecule has 3 heterocycles. The number of hydrogen-bond donors (Lipinski definition) is 2. The second kappa shape index (κ2) is 6.22. The van der Waals surface area contributed by atoms with E-state index in [1.165, 1.54) is 6.42 Å². The minimum absolute atomic E-state index is 0.0216. The van der Waals surface area contributed by atoms with Crippen molar-refractivity contribution in [3.8, 4) is 0 Å². The molecule has 4 unspecified atom stereocenters. The van der Waals surface area contributed by atoms with Crippen LogP contribution >= 0.6 is 0 Å². The maximum absolute atomic E-state index is 12.7. The molecule has 0 spiro atoms. The van der Waals surface area contributed by atoms with Crippen LogP contribution < -0.4 is 10.6 Å². The summed E-state index contributed by atoms with van der Waals surface area (Å²) in [7, 11) is 0. The Morgan fingerprint density at radius 2 is 2.19 bits per heavy atom. The van der Waals surface area contributed by atoms with E-state index in [-0.39, 0.29) is 24.0 Å². The van der Waals surface area contributed by atoms with Crippen LogP contribution in [0.3, 0.4) is 0 Å². The van der Waals surface area contributed by atoms with Crippen molar-refractivity contribution in [3.63, 3.8) is 0 Å². The topological polar surface area (TPSA) is 70.7 Å². The number of carbonyl (C=O) groups excluding carboxylic acids is 2. The van der Waals surface area contributed by atoms with Crippen molar-refractivity contribution < 1.29 is 14.3 Å². The number of ether oxygens (including phenoxy) is 1. The zero-order valence-corrected chi connectivity index (χ0v) is 12.6. The molecule has 4 atom stereocenters. The Balaban J connectivity index is 1.53. The molecule has 21 heavy (non-hydrogen) atoms. The van der Waals surface area contributed by atoms with Gasteiger partial charge in [-0.3, -0.25) is 4.79 Å². The highest BCUT2D eigenvalue weighted by Crippen LogP contribution is 2.34. The monoisotopic (exact) mass is 295 g/mol. The van der Waals surface area contributed by atoms with E-state index in [4.69, 9.17) is 4.74 Å². The molecule has 118 valence electrons. The summed E-state index contributed by atoms with van der Waals surface area (Å²) in [5.74, 6) is 0.412. The standard InChI is InChI=1S/C15H25N3O3/c1-2-21-15(20)17-11-4-3-7-18(9-11)14(19)12-8-10-5-6-13(12)16-10/h10-13,16H,2-9H2,1H3,(H,17,20). The number of fused-ring (bicyclic) bond motifs is 2. The van der Waals surface area contributed by atoms with Crippen molar-refractivity contribution >= 4 is 12.0 Å². The first kappa shape index (κ1) is 14.6. The Morgan fingerprint density at radius 1 is 1.33 bits per heavy atom. The fourth-order valence-electron chi connectivity index (χ4n) is 3.97. The number of alkyl carbamates (subject to hydrolysis) is 1. The number of nitrogens with one attached hydrogen (secondary N) is 2. The van der Waals surface area contributed by atoms with Crippen LogP contribution in [0.4, 0.5) is 4.79 Å². The Morgan fingerprint density at radius 3 is 2.86 bits per heavy atom. The molecule has 0 aromatic carbocycles. The molecule has 6 nitrogen and oxygen atoms in total. The molecular formula is C15H25N3O3. The molecule has 3 aliphatic heterocycles. The van der Waals surface area contributed by atoms with Gasteiger partial charge in [0, 0.05) is 31.2 Å². The molecule has 3 fully saturated rings. The lowest BCUT2D eigenvalue weighted by Crippen LogP contribution is -2.52. The van der Waals surface area contributed by atoms with Gasteiger partial charge < -0.3 is 20.3 Å². The number of piperidine rings is 1. The van der Waals surface area contributed by atoms with Crippen LogP contribution in [0.5, 0.6) is 0 Å². The van der Waals surface area contributed by atoms with E-state index in [9.17, 15) is 9.59 Å². The molecule has 2 N–H and O–H groups in total. The molecule has 0 aromatic rings. The van der Waals surface area contributed by atoms with E-state index in [0.29, 0.717) is 25.2 Å². The summed E-state index contributed by atoms with van der Waals surface area (Å²) >= 11 is 0. The van der Waals surface area contributed by atoms with Gasteiger partial charge in [0.05, 0.1) is 12.5 Å². The van der Waals surface area contributed by atoms with Gasteiger partial charge in [0.25, 0.3) is 0 Å². The third kappa shape index (κ3) is 3.15. The van der Waals surface area contributed by atoms with E-state index in [1.54, 1.807) is 6.92 Å². The quantitative estimate of drug-likeness (QED) is 0.810. The van der Waals surface area contributed by atoms with Crippen LogP contribution in [-0.2, 0) is 9.53 Å². The molecule has 6 heteroatoms. The minimum atomic E-state index is -0.376. The van der Waals surface area contributed by atoms with Crippen molar-refractivity contribution in [2.75, 3.05) is 19.7 Å². The van der Waals surface area contributed by atoms with Gasteiger partial charge in [-0.05, 0) is 39.0 Å². The first-order chi connectivity index (χ1) is 10.2. The Kier molecular flexibility index (Phi) is 4.33. The molecule has 3 aliphatic rings. The number of rotatable bonds is 3. The number of nitrogens with zero attached hydrogens (tertiary/aromatic N) is 1. The predicted molar refractivity (Wildman–Crippen MR) is 77.8 cm³/mol. The van der Waals surface area contributed by atoms with Crippen LogP contribution in [0.1, 0.15) is 39.0 Å². The summed E-state index contributed by atoms with van der Waals surface area (Å²) in [6, 6.07) is 0.941. The molecule has 0 aliphatic carbocycles. The van der Waals surface area contributed by atoms with Gasteiger partial charge in [-0.25, -0.2) is 4.79 Å². The predicted octanol–water partition coefficient (Wildman–Crippen LogP) is 0.864. The second-order valence-corrected chi connectivity index (χ2v) is 6.38. The van der Waals surface area contributed by atoms with Crippen LogP contribution in [0.15, 0.2) is 0 Å². The number of amides is 2. The molecule has 0 aromatic heterocycles. The fourth-order valence-corrected chi connectivity index (χ4v) is 3.97. The fraction of sp³-hybridized carbons (Fsp3) is 0.867. The Labute approximate surface area is 125 Å². The average Bonchev–Trinajstić information content (AvgIpc) is 3.09. The van der Waals surface area contributed by atoms with Crippen molar-refractivity contribution in [3.05, 3.63) is 0 Å². The van der Waals surface area contributed by atoms with Gasteiger partial charge in [-0.15, -0.1) is 0 Å². The van der Waals surface area contributed by atoms with Crippen LogP contribution in [-0.4, -0.2) is 54.7 Å². The molecule has 2 amide bonds. The highest BCUT2D eigenvalue weighted by Gasteiger charge is 2.44. The third-order valence-corrected chi connectivity index (χ3v) is 4.95. The molecule has 0 radical (unpaired) electrons. The first-order valence-corrected chi connectivity index (χ1v) is 8.15. The Hall–Kier alpha value is -1.30. The third-order valence-electron chi connectivity index (χ3n) is 4.95. The SMILES string of the molecule is CCOC(=O)NC1CCCN(C(=O)C2CC3CCC2N3)C1. The first-order valence-electron chi connectivity index (χ1n) is 8.15. The highest BCUT2D eigenvalue weighted by atomic mass is 16.5. The van der Waals surface area contributed by atoms with E-state index >= 15 is 0 Å². The second-order valence-electron chi connectivity index (χ2n) is 6.38. The van der Waals surface area contributed by atoms with Gasteiger partial charge in [0.15, 0.2) is 0 Å². The molecular weight excluding hydrogens is 270 g/mol. The number of likely N-dealkylation sites (tertiary alicyclic amines) is 1. The zero-order valence-electron chi connectivity index (χ0n) is 12.6. The molecule has 2 bridgehead atoms. The van der Waals surface area contributed by atoms with E-state index < -0.39 is 0 Å². The van der Waals surface area contributed by atoms with Gasteiger partial charge in [-0.1, -0.05) is 0 Å². The molecule has 3 rings (SSSR count). The van der Waals surface area contributed by atoms with Gasteiger partial charge >= 0.3 is 6.09 Å². The lowest BCUT2D eigenvalue weighted by atomic mass is 9.87. The van der Waals surface area contributed by atoms with E-state index in [1.807, 2.05) is 4.90 Å². The van der Waals surface area contributed by atoms with Gasteiger partial charge in [0.1, 0.15) is 0 Å². The van der Waals surface area contributed by atoms with Crippen molar-refractivity contribution in [2.45, 2.75) is 57.2 Å². The summed E-state index contributed by atoms with van der Waals surface area (Å²) in [5, 5.41) is 6.38. The zero-order chi connectivity index (χ0) is 14.8. The van der Waals surface area contributed by atoms with E-state index in [0.717, 1.165) is 32.2 Å². The maximum Gasteiger partial charge on any atom is 0.407 e. The van der Waals surface area contributed by atoms with E-state index in [2.05, 4.69) is 10.6 Å². The van der Waals surface area contributed by atoms with Crippen molar-refractivity contribution in [1.29, 1.82) is 0 Å². The lowest BCUT2D eigenvalue weighted by molar-refractivity contribution is -0.137. The largest absolute Gasteiger partial charge is 0.450 e. The number of carbonyl (C=O) groups is 2. The summed E-state index contributed by atoms with van der Waals surface area (Å²) in [6.45, 7) is 3.59. The van der Waals surface area contributed by atoms with Crippen LogP contribution in [0, 0.1) is 5.92 Å². The lowest BCUT2D eigenvalue weighted by Gasteiger charge is -2.35. The molecule has 0 saturated carbocycles. The highest BCUT2D eigenvalue weighted by molar-refractivity contribution is 5.80. The summed E-state index contributed by atoms with van der Waals surface area (Å²) in [6.07, 6.45) is 4.80. The Bertz CT molecular complexity index is 415. The summed E-state index contributed by atoms with van der Waals surface area (Å²) < 4.78 is 4.92. The summed E-state index contributed by atoms with van der Waals surface area (Å²) in [4.78, 5) is 26.1. The van der Waals surface area contributed by atoms with Crippen LogP contribution in [0.2, 0.25) is 0 Å². The van der Waals surface area contributed by atoms with Crippen molar-refractivity contribution in [1.82, 2.24) is 15.5 Å². The summed E-state index contributed by atoms with van der Waals surface area (Å²) in [5.41, 5.74) is 0. The van der Waals surface area contributed by atoms with Gasteiger partial charge in [-0.2, -0.15) is 0 Å². The van der Waals surface area contributed by atoms with Crippen molar-refractivity contribution in [2.24, 2.45) is 5.92 Å².